The Bertz CT molecular complexity index is 745. The molecule has 0 atom stereocenters. The highest BCUT2D eigenvalue weighted by molar-refractivity contribution is 7.97. The van der Waals surface area contributed by atoms with Crippen molar-refractivity contribution in [2.75, 3.05) is 39.3 Å². The molecule has 4 heteroatoms. The molecule has 0 amide bonds. The summed E-state index contributed by atoms with van der Waals surface area (Å²) >= 11 is 1.76. The zero-order valence-electron chi connectivity index (χ0n) is 18.5. The molecule has 0 aromatic heterocycles. The molecule has 0 spiro atoms. The molecule has 0 bridgehead atoms. The molecule has 2 fully saturated rings. The number of aryl methyl sites for hydroxylation is 1. The SMILES string of the molecule is Cc1ccc(-c2ccc(SNCCCN3CCC(N4CCCCC4)CC3)cc2)cc1. The molecule has 2 saturated heterocycles. The van der Waals surface area contributed by atoms with E-state index in [2.05, 4.69) is 70.0 Å². The molecule has 2 aromatic carbocycles. The second-order valence-electron chi connectivity index (χ2n) is 8.91. The normalized spacial score (nSPS) is 19.2. The Morgan fingerprint density at radius 2 is 1.47 bits per heavy atom. The predicted molar refractivity (Wildman–Crippen MR) is 130 cm³/mol. The molecule has 0 saturated carbocycles. The van der Waals surface area contributed by atoms with Crippen molar-refractivity contribution < 1.29 is 0 Å². The van der Waals surface area contributed by atoms with Crippen molar-refractivity contribution in [1.29, 1.82) is 0 Å². The average molecular weight is 424 g/mol. The molecule has 2 heterocycles. The lowest BCUT2D eigenvalue weighted by Gasteiger charge is -2.40. The highest BCUT2D eigenvalue weighted by atomic mass is 32.2. The minimum Gasteiger partial charge on any atom is -0.303 e. The number of likely N-dealkylation sites (tertiary alicyclic amines) is 2. The van der Waals surface area contributed by atoms with Crippen LogP contribution < -0.4 is 4.72 Å². The molecule has 3 nitrogen and oxygen atoms in total. The van der Waals surface area contributed by atoms with Gasteiger partial charge < -0.3 is 9.80 Å². The Balaban J connectivity index is 1.10. The second-order valence-corrected chi connectivity index (χ2v) is 9.87. The van der Waals surface area contributed by atoms with Gasteiger partial charge in [0.15, 0.2) is 0 Å². The first kappa shape index (κ1) is 21.9. The van der Waals surface area contributed by atoms with Crippen LogP contribution in [0.4, 0.5) is 0 Å². The zero-order chi connectivity index (χ0) is 20.6. The van der Waals surface area contributed by atoms with Gasteiger partial charge in [-0.05, 0) is 107 Å². The fourth-order valence-corrected chi connectivity index (χ4v) is 5.45. The largest absolute Gasteiger partial charge is 0.303 e. The summed E-state index contributed by atoms with van der Waals surface area (Å²) in [5, 5.41) is 0. The summed E-state index contributed by atoms with van der Waals surface area (Å²) in [5.74, 6) is 0. The first-order chi connectivity index (χ1) is 14.8. The van der Waals surface area contributed by atoms with Gasteiger partial charge in [0.2, 0.25) is 0 Å². The molecule has 2 aliphatic heterocycles. The Morgan fingerprint density at radius 1 is 0.833 bits per heavy atom. The molecule has 30 heavy (non-hydrogen) atoms. The van der Waals surface area contributed by atoms with E-state index >= 15 is 0 Å². The van der Waals surface area contributed by atoms with E-state index in [1.165, 1.54) is 92.8 Å². The van der Waals surface area contributed by atoms with Crippen molar-refractivity contribution in [1.82, 2.24) is 14.5 Å². The number of piperidine rings is 2. The van der Waals surface area contributed by atoms with Crippen molar-refractivity contribution in [3.8, 4) is 11.1 Å². The van der Waals surface area contributed by atoms with E-state index in [0.717, 1.165) is 12.6 Å². The number of nitrogens with one attached hydrogen (secondary N) is 1. The third kappa shape index (κ3) is 6.34. The van der Waals surface area contributed by atoms with Crippen LogP contribution >= 0.6 is 11.9 Å². The van der Waals surface area contributed by atoms with Gasteiger partial charge in [-0.25, -0.2) is 0 Å². The van der Waals surface area contributed by atoms with E-state index in [9.17, 15) is 0 Å². The number of nitrogens with zero attached hydrogens (tertiary/aromatic N) is 2. The lowest BCUT2D eigenvalue weighted by Crippen LogP contribution is -2.46. The maximum Gasteiger partial charge on any atom is 0.0228 e. The molecule has 162 valence electrons. The van der Waals surface area contributed by atoms with Gasteiger partial charge in [0.05, 0.1) is 0 Å². The summed E-state index contributed by atoms with van der Waals surface area (Å²) in [4.78, 5) is 6.72. The highest BCUT2D eigenvalue weighted by Gasteiger charge is 2.25. The number of hydrogen-bond donors (Lipinski definition) is 1. The Hall–Kier alpha value is -1.33. The molecule has 1 N–H and O–H groups in total. The van der Waals surface area contributed by atoms with E-state index in [4.69, 9.17) is 0 Å². The summed E-state index contributed by atoms with van der Waals surface area (Å²) in [6, 6.07) is 18.5. The van der Waals surface area contributed by atoms with Gasteiger partial charge >= 0.3 is 0 Å². The van der Waals surface area contributed by atoms with Crippen molar-refractivity contribution >= 4 is 11.9 Å². The van der Waals surface area contributed by atoms with E-state index in [-0.39, 0.29) is 0 Å². The van der Waals surface area contributed by atoms with Crippen LogP contribution in [0.25, 0.3) is 11.1 Å². The quantitative estimate of drug-likeness (QED) is 0.440. The van der Waals surface area contributed by atoms with E-state index < -0.39 is 0 Å². The fraction of sp³-hybridized carbons (Fsp3) is 0.538. The second kappa shape index (κ2) is 11.3. The molecule has 0 aliphatic carbocycles. The number of rotatable bonds is 8. The van der Waals surface area contributed by atoms with Crippen LogP contribution in [0.1, 0.15) is 44.1 Å². The van der Waals surface area contributed by atoms with Crippen LogP contribution in [-0.4, -0.2) is 55.1 Å². The minimum absolute atomic E-state index is 0.859. The molecule has 0 unspecified atom stereocenters. The maximum absolute atomic E-state index is 3.55. The van der Waals surface area contributed by atoms with Gasteiger partial charge in [0, 0.05) is 17.5 Å². The fourth-order valence-electron chi connectivity index (χ4n) is 4.76. The van der Waals surface area contributed by atoms with Crippen LogP contribution in [-0.2, 0) is 0 Å². The number of benzene rings is 2. The molecule has 2 aliphatic rings. The molecule has 4 rings (SSSR count). The Labute approximate surface area is 187 Å². The summed E-state index contributed by atoms with van der Waals surface area (Å²) in [7, 11) is 0. The first-order valence-electron chi connectivity index (χ1n) is 11.8. The third-order valence-electron chi connectivity index (χ3n) is 6.65. The average Bonchev–Trinajstić information content (AvgIpc) is 2.81. The van der Waals surface area contributed by atoms with E-state index in [1.807, 2.05) is 0 Å². The maximum atomic E-state index is 3.55. The van der Waals surface area contributed by atoms with Crippen LogP contribution in [0.3, 0.4) is 0 Å². The summed E-state index contributed by atoms with van der Waals surface area (Å²) in [6.45, 7) is 9.69. The zero-order valence-corrected chi connectivity index (χ0v) is 19.3. The van der Waals surface area contributed by atoms with Crippen LogP contribution in [0.2, 0.25) is 0 Å². The van der Waals surface area contributed by atoms with Crippen LogP contribution in [0, 0.1) is 6.92 Å². The number of hydrogen-bond acceptors (Lipinski definition) is 4. The van der Waals surface area contributed by atoms with Crippen molar-refractivity contribution in [2.45, 2.75) is 56.4 Å². The van der Waals surface area contributed by atoms with Crippen molar-refractivity contribution in [3.63, 3.8) is 0 Å². The van der Waals surface area contributed by atoms with Gasteiger partial charge in [-0.3, -0.25) is 4.72 Å². The predicted octanol–water partition coefficient (Wildman–Crippen LogP) is 5.60. The Morgan fingerprint density at radius 3 is 2.13 bits per heavy atom. The lowest BCUT2D eigenvalue weighted by molar-refractivity contribution is 0.0923. The minimum atomic E-state index is 0.859. The first-order valence-corrected chi connectivity index (χ1v) is 12.6. The van der Waals surface area contributed by atoms with Crippen molar-refractivity contribution in [2.24, 2.45) is 0 Å². The summed E-state index contributed by atoms with van der Waals surface area (Å²) < 4.78 is 3.55. The summed E-state index contributed by atoms with van der Waals surface area (Å²) in [6.07, 6.45) is 8.24. The van der Waals surface area contributed by atoms with Crippen LogP contribution in [0.15, 0.2) is 53.4 Å². The molecular weight excluding hydrogens is 386 g/mol. The summed E-state index contributed by atoms with van der Waals surface area (Å²) in [5.41, 5.74) is 3.88. The third-order valence-corrected chi connectivity index (χ3v) is 7.50. The van der Waals surface area contributed by atoms with Gasteiger partial charge in [-0.2, -0.15) is 0 Å². The monoisotopic (exact) mass is 423 g/mol. The molecule has 2 aromatic rings. The van der Waals surface area contributed by atoms with Crippen molar-refractivity contribution in [3.05, 3.63) is 54.1 Å². The standard InChI is InChI=1S/C26H37N3S/c1-22-6-8-23(9-7-22)24-10-12-26(13-11-24)30-27-16-5-17-28-20-14-25(15-21-28)29-18-3-2-4-19-29/h6-13,25,27H,2-5,14-21H2,1H3. The van der Waals surface area contributed by atoms with Gasteiger partial charge in [-0.15, -0.1) is 0 Å². The lowest BCUT2D eigenvalue weighted by atomic mass is 10.00. The molecular formula is C26H37N3S. The van der Waals surface area contributed by atoms with E-state index in [0.29, 0.717) is 0 Å². The van der Waals surface area contributed by atoms with Gasteiger partial charge in [-0.1, -0.05) is 48.4 Å². The molecule has 0 radical (unpaired) electrons. The highest BCUT2D eigenvalue weighted by Crippen LogP contribution is 2.24. The van der Waals surface area contributed by atoms with Crippen LogP contribution in [0.5, 0.6) is 0 Å². The Kier molecular flexibility index (Phi) is 8.27. The topological polar surface area (TPSA) is 18.5 Å². The van der Waals surface area contributed by atoms with Gasteiger partial charge in [0.25, 0.3) is 0 Å². The smallest absolute Gasteiger partial charge is 0.0228 e. The van der Waals surface area contributed by atoms with E-state index in [1.54, 1.807) is 11.9 Å². The van der Waals surface area contributed by atoms with Gasteiger partial charge in [0.1, 0.15) is 0 Å².